The Balaban J connectivity index is 1.67. The fourth-order valence-electron chi connectivity index (χ4n) is 2.67. The molecule has 0 saturated carbocycles. The minimum atomic E-state index is -0.900. The summed E-state index contributed by atoms with van der Waals surface area (Å²) in [6, 6.07) is 7.41. The molecule has 1 atom stereocenters. The van der Waals surface area contributed by atoms with Gasteiger partial charge in [0.15, 0.2) is 11.6 Å². The summed E-state index contributed by atoms with van der Waals surface area (Å²) in [6.07, 6.45) is 3.46. The topological polar surface area (TPSA) is 45.2 Å². The van der Waals surface area contributed by atoms with E-state index < -0.39 is 11.6 Å². The molecular formula is C17H17F2N3OS. The third kappa shape index (κ3) is 3.91. The number of benzene rings is 1. The van der Waals surface area contributed by atoms with Crippen LogP contribution in [-0.4, -0.2) is 41.2 Å². The number of aromatic nitrogens is 1. The molecule has 126 valence electrons. The number of halogens is 2. The highest BCUT2D eigenvalue weighted by molar-refractivity contribution is 8.00. The zero-order chi connectivity index (χ0) is 16.9. The average molecular weight is 349 g/mol. The van der Waals surface area contributed by atoms with Gasteiger partial charge in [0.1, 0.15) is 0 Å². The molecule has 2 aromatic rings. The number of rotatable bonds is 4. The smallest absolute Gasteiger partial charge is 0.233 e. The van der Waals surface area contributed by atoms with Crippen LogP contribution in [0.4, 0.5) is 8.78 Å². The molecule has 3 rings (SSSR count). The van der Waals surface area contributed by atoms with Crippen LogP contribution in [0.3, 0.4) is 0 Å². The minimum Gasteiger partial charge on any atom is -0.332 e. The number of carbonyl (C=O) groups is 1. The van der Waals surface area contributed by atoms with E-state index in [1.54, 1.807) is 12.4 Å². The molecule has 1 aromatic heterocycles. The van der Waals surface area contributed by atoms with Crippen molar-refractivity contribution in [2.45, 2.75) is 10.9 Å². The highest BCUT2D eigenvalue weighted by atomic mass is 32.2. The number of pyridine rings is 1. The molecular weight excluding hydrogens is 332 g/mol. The maximum absolute atomic E-state index is 13.2. The molecule has 1 unspecified atom stereocenters. The molecule has 0 spiro atoms. The summed E-state index contributed by atoms with van der Waals surface area (Å²) in [5.41, 5.74) is 0.982. The molecule has 0 bridgehead atoms. The van der Waals surface area contributed by atoms with Crippen molar-refractivity contribution in [2.75, 3.05) is 25.4 Å². The van der Waals surface area contributed by atoms with Gasteiger partial charge in [0.05, 0.1) is 11.8 Å². The van der Waals surface area contributed by atoms with Gasteiger partial charge in [-0.15, -0.1) is 11.8 Å². The number of thioether (sulfide) groups is 1. The summed E-state index contributed by atoms with van der Waals surface area (Å²) >= 11 is 1.21. The predicted octanol–water partition coefficient (Wildman–Crippen LogP) is 2.63. The van der Waals surface area contributed by atoms with Crippen molar-refractivity contribution in [3.8, 4) is 0 Å². The van der Waals surface area contributed by atoms with Crippen LogP contribution in [0.2, 0.25) is 0 Å². The van der Waals surface area contributed by atoms with E-state index in [0.717, 1.165) is 24.2 Å². The van der Waals surface area contributed by atoms with Gasteiger partial charge in [0, 0.05) is 36.9 Å². The van der Waals surface area contributed by atoms with E-state index in [1.807, 2.05) is 17.0 Å². The van der Waals surface area contributed by atoms with Gasteiger partial charge < -0.3 is 10.2 Å². The molecule has 2 heterocycles. The van der Waals surface area contributed by atoms with Crippen LogP contribution in [0.15, 0.2) is 47.6 Å². The summed E-state index contributed by atoms with van der Waals surface area (Å²) in [4.78, 5) is 19.1. The molecule has 4 nitrogen and oxygen atoms in total. The second kappa shape index (κ2) is 7.72. The molecule has 7 heteroatoms. The Morgan fingerprint density at radius 2 is 2.21 bits per heavy atom. The minimum absolute atomic E-state index is 0.0277. The van der Waals surface area contributed by atoms with Gasteiger partial charge in [0.2, 0.25) is 5.91 Å². The van der Waals surface area contributed by atoms with E-state index in [0.29, 0.717) is 18.0 Å². The molecule has 1 aromatic carbocycles. The Bertz CT molecular complexity index is 714. The molecule has 1 aliphatic heterocycles. The van der Waals surface area contributed by atoms with Gasteiger partial charge in [-0.2, -0.15) is 0 Å². The largest absolute Gasteiger partial charge is 0.332 e. The van der Waals surface area contributed by atoms with Crippen LogP contribution in [-0.2, 0) is 4.79 Å². The lowest BCUT2D eigenvalue weighted by molar-refractivity contribution is -0.131. The van der Waals surface area contributed by atoms with Crippen molar-refractivity contribution < 1.29 is 13.6 Å². The number of hydrogen-bond donors (Lipinski definition) is 1. The van der Waals surface area contributed by atoms with E-state index >= 15 is 0 Å². The van der Waals surface area contributed by atoms with Crippen molar-refractivity contribution in [3.63, 3.8) is 0 Å². The standard InChI is InChI=1S/C17H17F2N3OS/c18-14-4-3-13(8-15(14)19)24-11-17(23)22-7-6-21-10-16(22)12-2-1-5-20-9-12/h1-5,8-9,16,21H,6-7,10-11H2. The number of amides is 1. The third-order valence-electron chi connectivity index (χ3n) is 3.89. The lowest BCUT2D eigenvalue weighted by atomic mass is 10.1. The van der Waals surface area contributed by atoms with E-state index in [1.165, 1.54) is 17.8 Å². The van der Waals surface area contributed by atoms with Gasteiger partial charge in [-0.1, -0.05) is 6.07 Å². The van der Waals surface area contributed by atoms with Crippen LogP contribution < -0.4 is 5.32 Å². The van der Waals surface area contributed by atoms with Crippen molar-refractivity contribution >= 4 is 17.7 Å². The van der Waals surface area contributed by atoms with Gasteiger partial charge in [-0.05, 0) is 29.8 Å². The second-order valence-electron chi connectivity index (χ2n) is 5.46. The van der Waals surface area contributed by atoms with E-state index in [-0.39, 0.29) is 17.7 Å². The normalized spacial score (nSPS) is 17.8. The first kappa shape index (κ1) is 16.9. The van der Waals surface area contributed by atoms with Crippen LogP contribution in [0.5, 0.6) is 0 Å². The monoisotopic (exact) mass is 349 g/mol. The van der Waals surface area contributed by atoms with Gasteiger partial charge in [-0.25, -0.2) is 8.78 Å². The van der Waals surface area contributed by atoms with Crippen molar-refractivity contribution in [2.24, 2.45) is 0 Å². The zero-order valence-corrected chi connectivity index (χ0v) is 13.7. The summed E-state index contributed by atoms with van der Waals surface area (Å²) in [5, 5.41) is 3.29. The first-order valence-corrected chi connectivity index (χ1v) is 8.61. The van der Waals surface area contributed by atoms with Gasteiger partial charge >= 0.3 is 0 Å². The maximum Gasteiger partial charge on any atom is 0.233 e. The quantitative estimate of drug-likeness (QED) is 0.862. The SMILES string of the molecule is O=C(CSc1ccc(F)c(F)c1)N1CCNCC1c1cccnc1. The number of nitrogens with zero attached hydrogens (tertiary/aromatic N) is 2. The Kier molecular flexibility index (Phi) is 5.42. The van der Waals surface area contributed by atoms with Crippen LogP contribution in [0.25, 0.3) is 0 Å². The molecule has 1 amide bonds. The second-order valence-corrected chi connectivity index (χ2v) is 6.51. The maximum atomic E-state index is 13.2. The molecule has 1 aliphatic rings. The van der Waals surface area contributed by atoms with Crippen molar-refractivity contribution in [1.82, 2.24) is 15.2 Å². The Labute approximate surface area is 143 Å². The molecule has 1 saturated heterocycles. The molecule has 0 radical (unpaired) electrons. The Hall–Kier alpha value is -1.99. The molecule has 24 heavy (non-hydrogen) atoms. The predicted molar refractivity (Wildman–Crippen MR) is 88.6 cm³/mol. The summed E-state index contributed by atoms with van der Waals surface area (Å²) in [6.45, 7) is 2.02. The fourth-order valence-corrected chi connectivity index (χ4v) is 3.48. The lowest BCUT2D eigenvalue weighted by Crippen LogP contribution is -2.49. The van der Waals surface area contributed by atoms with Crippen LogP contribution in [0, 0.1) is 11.6 Å². The summed E-state index contributed by atoms with van der Waals surface area (Å²) < 4.78 is 26.2. The molecule has 0 aliphatic carbocycles. The number of piperazine rings is 1. The highest BCUT2D eigenvalue weighted by Crippen LogP contribution is 2.25. The highest BCUT2D eigenvalue weighted by Gasteiger charge is 2.27. The number of nitrogens with one attached hydrogen (secondary N) is 1. The van der Waals surface area contributed by atoms with Gasteiger partial charge in [0.25, 0.3) is 0 Å². The summed E-state index contributed by atoms with van der Waals surface area (Å²) in [7, 11) is 0. The lowest BCUT2D eigenvalue weighted by Gasteiger charge is -2.36. The first-order chi connectivity index (χ1) is 11.6. The molecule has 1 N–H and O–H groups in total. The Morgan fingerprint density at radius 3 is 2.96 bits per heavy atom. The first-order valence-electron chi connectivity index (χ1n) is 7.63. The van der Waals surface area contributed by atoms with Crippen LogP contribution >= 0.6 is 11.8 Å². The Morgan fingerprint density at radius 1 is 1.33 bits per heavy atom. The summed E-state index contributed by atoms with van der Waals surface area (Å²) in [5.74, 6) is -1.63. The van der Waals surface area contributed by atoms with E-state index in [9.17, 15) is 13.6 Å². The molecule has 1 fully saturated rings. The number of carbonyl (C=O) groups excluding carboxylic acids is 1. The average Bonchev–Trinajstić information content (AvgIpc) is 2.63. The third-order valence-corrected chi connectivity index (χ3v) is 4.86. The fraction of sp³-hybridized carbons (Fsp3) is 0.294. The zero-order valence-electron chi connectivity index (χ0n) is 12.9. The van der Waals surface area contributed by atoms with Crippen molar-refractivity contribution in [1.29, 1.82) is 0 Å². The van der Waals surface area contributed by atoms with E-state index in [2.05, 4.69) is 10.3 Å². The van der Waals surface area contributed by atoms with E-state index in [4.69, 9.17) is 0 Å². The van der Waals surface area contributed by atoms with Gasteiger partial charge in [-0.3, -0.25) is 9.78 Å². The van der Waals surface area contributed by atoms with Crippen LogP contribution in [0.1, 0.15) is 11.6 Å². The number of hydrogen-bond acceptors (Lipinski definition) is 4. The van der Waals surface area contributed by atoms with Crippen molar-refractivity contribution in [3.05, 3.63) is 59.9 Å².